The van der Waals surface area contributed by atoms with Crippen molar-refractivity contribution in [2.45, 2.75) is 56.8 Å². The van der Waals surface area contributed by atoms with E-state index in [4.69, 9.17) is 10.5 Å². The predicted octanol–water partition coefficient (Wildman–Crippen LogP) is -0.557. The zero-order valence-corrected chi connectivity index (χ0v) is 21.5. The molecule has 2 atom stereocenters. The first-order valence-corrected chi connectivity index (χ1v) is 13.1. The number of ether oxygens (including phenoxy) is 1. The molecule has 2 bridgehead atoms. The monoisotopic (exact) mass is 514 g/mol. The van der Waals surface area contributed by atoms with Gasteiger partial charge in [0.2, 0.25) is 23.6 Å². The van der Waals surface area contributed by atoms with Gasteiger partial charge in [0.15, 0.2) is 0 Å². The van der Waals surface area contributed by atoms with Gasteiger partial charge in [-0.25, -0.2) is 0 Å². The first-order valence-electron chi connectivity index (χ1n) is 13.1. The van der Waals surface area contributed by atoms with E-state index in [-0.39, 0.29) is 36.9 Å². The fourth-order valence-electron chi connectivity index (χ4n) is 5.59. The van der Waals surface area contributed by atoms with Crippen LogP contribution < -0.4 is 21.1 Å². The van der Waals surface area contributed by atoms with Crippen molar-refractivity contribution in [2.75, 3.05) is 46.4 Å². The van der Waals surface area contributed by atoms with Crippen molar-refractivity contribution in [3.05, 3.63) is 29.8 Å². The lowest BCUT2D eigenvalue weighted by Crippen LogP contribution is -2.57. The van der Waals surface area contributed by atoms with Gasteiger partial charge in [0, 0.05) is 38.8 Å². The third-order valence-electron chi connectivity index (χ3n) is 7.59. The molecule has 0 spiro atoms. The number of primary amides is 1. The van der Waals surface area contributed by atoms with Crippen LogP contribution in [0.2, 0.25) is 0 Å². The molecule has 4 heterocycles. The van der Waals surface area contributed by atoms with Crippen LogP contribution in [-0.2, 0) is 25.7 Å². The standard InChI is InChI=1S/C26H38N6O5/c1-37-20-5-2-4-18(14-20)16-28-9-13-31-17-23(33)29-21(25(27)35)15-24(34)30-11-7-19(8-12-30)32-10-3-6-22(32)26(31)36/h2,4-5,14,19,21-22,28H,3,6-13,15-17H2,1H3,(H2,27,35)(H,29,33)/t21-,22-/m0/s1. The van der Waals surface area contributed by atoms with Crippen LogP contribution in [0.4, 0.5) is 0 Å². The molecule has 1 aromatic rings. The van der Waals surface area contributed by atoms with Gasteiger partial charge < -0.3 is 30.9 Å². The maximum Gasteiger partial charge on any atom is 0.240 e. The topological polar surface area (TPSA) is 137 Å². The maximum atomic E-state index is 13.7. The number of rotatable bonds is 7. The van der Waals surface area contributed by atoms with Crippen molar-refractivity contribution in [1.29, 1.82) is 0 Å². The highest BCUT2D eigenvalue weighted by molar-refractivity contribution is 5.93. The number of nitrogens with zero attached hydrogens (tertiary/aromatic N) is 3. The number of nitrogens with one attached hydrogen (secondary N) is 2. The highest BCUT2D eigenvalue weighted by atomic mass is 16.5. The fraction of sp³-hybridized carbons (Fsp3) is 0.615. The Balaban J connectivity index is 1.47. The molecule has 0 aliphatic carbocycles. The van der Waals surface area contributed by atoms with Crippen molar-refractivity contribution in [3.8, 4) is 5.75 Å². The van der Waals surface area contributed by atoms with Crippen molar-refractivity contribution in [2.24, 2.45) is 5.73 Å². The smallest absolute Gasteiger partial charge is 0.240 e. The average Bonchev–Trinajstić information content (AvgIpc) is 3.39. The highest BCUT2D eigenvalue weighted by Crippen LogP contribution is 2.28. The van der Waals surface area contributed by atoms with Crippen LogP contribution >= 0.6 is 0 Å². The minimum atomic E-state index is -1.10. The maximum absolute atomic E-state index is 13.7. The molecule has 0 saturated carbocycles. The Bertz CT molecular complexity index is 995. The molecule has 11 heteroatoms. The summed E-state index contributed by atoms with van der Waals surface area (Å²) in [6.45, 7) is 3.18. The molecule has 5 rings (SSSR count). The summed E-state index contributed by atoms with van der Waals surface area (Å²) in [4.78, 5) is 57.0. The molecule has 0 aromatic heterocycles. The third-order valence-corrected chi connectivity index (χ3v) is 7.59. The van der Waals surface area contributed by atoms with Gasteiger partial charge in [-0.1, -0.05) is 12.1 Å². The van der Waals surface area contributed by atoms with Gasteiger partial charge in [0.25, 0.3) is 0 Å². The molecule has 4 aliphatic heterocycles. The molecule has 0 radical (unpaired) electrons. The Morgan fingerprint density at radius 3 is 2.68 bits per heavy atom. The predicted molar refractivity (Wildman–Crippen MR) is 136 cm³/mol. The number of carbonyl (C=O) groups is 4. The molecular formula is C26H38N6O5. The number of hydrogen-bond donors (Lipinski definition) is 3. The zero-order valence-electron chi connectivity index (χ0n) is 21.5. The van der Waals surface area contributed by atoms with Crippen LogP contribution in [0.15, 0.2) is 24.3 Å². The average molecular weight is 515 g/mol. The molecular weight excluding hydrogens is 476 g/mol. The lowest BCUT2D eigenvalue weighted by atomic mass is 10.0. The summed E-state index contributed by atoms with van der Waals surface area (Å²) in [6.07, 6.45) is 3.06. The second kappa shape index (κ2) is 12.4. The summed E-state index contributed by atoms with van der Waals surface area (Å²) >= 11 is 0. The van der Waals surface area contributed by atoms with Gasteiger partial charge in [0.1, 0.15) is 11.8 Å². The summed E-state index contributed by atoms with van der Waals surface area (Å²) in [5.74, 6) is -0.743. The van der Waals surface area contributed by atoms with Gasteiger partial charge in [-0.2, -0.15) is 0 Å². The number of nitrogens with two attached hydrogens (primary N) is 1. The summed E-state index contributed by atoms with van der Waals surface area (Å²) in [7, 11) is 1.62. The second-order valence-electron chi connectivity index (χ2n) is 10.0. The van der Waals surface area contributed by atoms with E-state index < -0.39 is 17.9 Å². The van der Waals surface area contributed by atoms with Gasteiger partial charge in [-0.3, -0.25) is 24.1 Å². The highest BCUT2D eigenvalue weighted by Gasteiger charge is 2.40. The number of fused-ring (bicyclic) bond motifs is 9. The minimum Gasteiger partial charge on any atom is -0.497 e. The number of benzene rings is 1. The van der Waals surface area contributed by atoms with E-state index in [1.807, 2.05) is 24.3 Å². The van der Waals surface area contributed by atoms with Crippen molar-refractivity contribution in [3.63, 3.8) is 0 Å². The van der Waals surface area contributed by atoms with Crippen molar-refractivity contribution >= 4 is 23.6 Å². The molecule has 4 fully saturated rings. The molecule has 4 amide bonds. The first-order chi connectivity index (χ1) is 17.9. The molecule has 4 saturated heterocycles. The normalized spacial score (nSPS) is 25.5. The van der Waals surface area contributed by atoms with Gasteiger partial charge in [-0.05, 0) is 49.9 Å². The largest absolute Gasteiger partial charge is 0.497 e. The van der Waals surface area contributed by atoms with E-state index in [1.165, 1.54) is 0 Å². The Morgan fingerprint density at radius 2 is 1.95 bits per heavy atom. The van der Waals surface area contributed by atoms with Gasteiger partial charge in [-0.15, -0.1) is 0 Å². The number of carbonyl (C=O) groups excluding carboxylic acids is 4. The second-order valence-corrected chi connectivity index (χ2v) is 10.0. The van der Waals surface area contributed by atoms with Gasteiger partial charge in [0.05, 0.1) is 26.1 Å². The van der Waals surface area contributed by atoms with Gasteiger partial charge >= 0.3 is 0 Å². The lowest BCUT2D eigenvalue weighted by Gasteiger charge is -2.40. The molecule has 37 heavy (non-hydrogen) atoms. The summed E-state index contributed by atoms with van der Waals surface area (Å²) in [5, 5.41) is 5.93. The lowest BCUT2D eigenvalue weighted by molar-refractivity contribution is -0.143. The van der Waals surface area contributed by atoms with E-state index in [2.05, 4.69) is 15.5 Å². The fourth-order valence-corrected chi connectivity index (χ4v) is 5.59. The number of amides is 4. The number of methoxy groups -OCH3 is 1. The van der Waals surface area contributed by atoms with E-state index >= 15 is 0 Å². The van der Waals surface area contributed by atoms with E-state index in [0.717, 1.165) is 43.5 Å². The molecule has 11 nitrogen and oxygen atoms in total. The van der Waals surface area contributed by atoms with Crippen LogP contribution in [0.5, 0.6) is 5.75 Å². The SMILES string of the molecule is COc1cccc(CNCCN2CC(=O)N[C@H](C(N)=O)CC(=O)N3CCC(CC3)N3CCC[C@H]3C2=O)c1. The quantitative estimate of drug-likeness (QED) is 0.415. The Morgan fingerprint density at radius 1 is 1.16 bits per heavy atom. The molecule has 202 valence electrons. The Hall–Kier alpha value is -3.18. The van der Waals surface area contributed by atoms with Crippen LogP contribution in [0, 0.1) is 0 Å². The minimum absolute atomic E-state index is 0.0676. The van der Waals surface area contributed by atoms with E-state index in [0.29, 0.717) is 32.7 Å². The van der Waals surface area contributed by atoms with E-state index in [9.17, 15) is 19.2 Å². The van der Waals surface area contributed by atoms with Crippen molar-refractivity contribution < 1.29 is 23.9 Å². The molecule has 4 N–H and O–H groups in total. The Kier molecular flexibility index (Phi) is 8.99. The van der Waals surface area contributed by atoms with Crippen LogP contribution in [0.3, 0.4) is 0 Å². The van der Waals surface area contributed by atoms with E-state index in [1.54, 1.807) is 16.9 Å². The Labute approximate surface area is 217 Å². The van der Waals surface area contributed by atoms with Crippen LogP contribution in [0.25, 0.3) is 0 Å². The number of piperidine rings is 1. The summed E-state index contributed by atoms with van der Waals surface area (Å²) in [5.41, 5.74) is 6.55. The third kappa shape index (κ3) is 6.78. The molecule has 1 aromatic carbocycles. The number of hydrogen-bond acceptors (Lipinski definition) is 7. The van der Waals surface area contributed by atoms with Crippen molar-refractivity contribution in [1.82, 2.24) is 25.3 Å². The first kappa shape index (κ1) is 26.9. The van der Waals surface area contributed by atoms with Crippen LogP contribution in [-0.4, -0.2) is 103 Å². The summed E-state index contributed by atoms with van der Waals surface area (Å²) < 4.78 is 5.27. The summed E-state index contributed by atoms with van der Waals surface area (Å²) in [6, 6.07) is 6.57. The zero-order chi connectivity index (χ0) is 26.4. The molecule has 4 aliphatic rings. The molecule has 0 unspecified atom stereocenters. The van der Waals surface area contributed by atoms with Crippen LogP contribution in [0.1, 0.15) is 37.7 Å².